The molecule has 0 aliphatic carbocycles. The van der Waals surface area contributed by atoms with Crippen LogP contribution in [0.3, 0.4) is 0 Å². The second-order valence-corrected chi connectivity index (χ2v) is 5.27. The molecule has 0 bridgehead atoms. The van der Waals surface area contributed by atoms with Crippen molar-refractivity contribution in [3.05, 3.63) is 59.7 Å². The zero-order valence-electron chi connectivity index (χ0n) is 16.2. The Labute approximate surface area is 179 Å². The molecule has 3 N–H and O–H groups in total. The second kappa shape index (κ2) is 19.4. The fourth-order valence-corrected chi connectivity index (χ4v) is 1.77. The molecule has 0 aliphatic heterocycles. The molecule has 2 rings (SSSR count). The average molecular weight is 424 g/mol. The van der Waals surface area contributed by atoms with Crippen LogP contribution in [0.1, 0.15) is 11.1 Å². The Bertz CT molecular complexity index is 671. The molecule has 0 heterocycles. The number of alkyl halides is 1. The normalized spacial score (nSPS) is 8.36. The summed E-state index contributed by atoms with van der Waals surface area (Å²) in [4.78, 5) is 0. The number of ether oxygens (including phenoxy) is 2. The summed E-state index contributed by atoms with van der Waals surface area (Å²) in [7, 11) is 3.29. The summed E-state index contributed by atoms with van der Waals surface area (Å²) in [5, 5.41) is 11.3. The van der Waals surface area contributed by atoms with Gasteiger partial charge in [0.2, 0.25) is 0 Å². The fourth-order valence-electron chi connectivity index (χ4n) is 1.77. The Morgan fingerprint density at radius 2 is 1.43 bits per heavy atom. The van der Waals surface area contributed by atoms with Crippen molar-refractivity contribution < 1.29 is 9.47 Å². The highest BCUT2D eigenvalue weighted by atomic mass is 35.5. The molecule has 0 fully saturated rings. The molecule has 2 aromatic carbocycles. The maximum atomic E-state index is 8.29. The summed E-state index contributed by atoms with van der Waals surface area (Å²) in [6, 6.07) is 17.5. The van der Waals surface area contributed by atoms with Crippen molar-refractivity contribution in [2.75, 3.05) is 26.6 Å². The number of methoxy groups -OCH3 is 2. The van der Waals surface area contributed by atoms with Crippen LogP contribution in [0.25, 0.3) is 0 Å². The van der Waals surface area contributed by atoms with Gasteiger partial charge in [-0.25, -0.2) is 0 Å². The van der Waals surface area contributed by atoms with Crippen molar-refractivity contribution in [1.82, 2.24) is 5.32 Å². The standard InChI is InChI=1S/C10H12N2O.C8H11NO.C3H3Cl.ClH/c1-13-10-4-2-9(3-5-10)8-12-7-6-11;1-10-8-4-2-7(6-9)3-5-8;1-2-3-4;/h2-5,12H,7-8H2,1H3;2-5H,6,9H2,1H3;1H,3H2;1H. The summed E-state index contributed by atoms with van der Waals surface area (Å²) in [6.07, 6.45) is 4.65. The lowest BCUT2D eigenvalue weighted by Crippen LogP contribution is -2.12. The molecule has 2 aromatic rings. The third kappa shape index (κ3) is 13.7. The van der Waals surface area contributed by atoms with E-state index >= 15 is 0 Å². The monoisotopic (exact) mass is 423 g/mol. The van der Waals surface area contributed by atoms with Crippen LogP contribution in [-0.2, 0) is 13.1 Å². The quantitative estimate of drug-likeness (QED) is 0.320. The van der Waals surface area contributed by atoms with E-state index in [-0.39, 0.29) is 12.4 Å². The molecular weight excluding hydrogens is 397 g/mol. The lowest BCUT2D eigenvalue weighted by Gasteiger charge is -2.02. The smallest absolute Gasteiger partial charge is 0.118 e. The molecule has 5 nitrogen and oxygen atoms in total. The molecular formula is C21H27Cl2N3O2. The highest BCUT2D eigenvalue weighted by Crippen LogP contribution is 2.11. The summed E-state index contributed by atoms with van der Waals surface area (Å²) in [6.45, 7) is 1.69. The number of hydrogen-bond acceptors (Lipinski definition) is 5. The lowest BCUT2D eigenvalue weighted by atomic mass is 10.2. The maximum Gasteiger partial charge on any atom is 0.118 e. The van der Waals surface area contributed by atoms with Gasteiger partial charge >= 0.3 is 0 Å². The number of rotatable bonds is 6. The van der Waals surface area contributed by atoms with E-state index in [2.05, 4.69) is 17.7 Å². The number of nitrogens with zero attached hydrogens (tertiary/aromatic N) is 1. The van der Waals surface area contributed by atoms with Gasteiger partial charge in [0.25, 0.3) is 0 Å². The van der Waals surface area contributed by atoms with Crippen molar-refractivity contribution in [2.45, 2.75) is 13.1 Å². The molecule has 0 aliphatic rings. The first-order valence-electron chi connectivity index (χ1n) is 8.18. The molecule has 7 heteroatoms. The predicted molar refractivity (Wildman–Crippen MR) is 118 cm³/mol. The minimum absolute atomic E-state index is 0. The number of nitriles is 1. The molecule has 0 aromatic heterocycles. The van der Waals surface area contributed by atoms with Gasteiger partial charge in [-0.15, -0.1) is 30.4 Å². The van der Waals surface area contributed by atoms with E-state index in [1.54, 1.807) is 14.2 Å². The second-order valence-electron chi connectivity index (χ2n) is 5.00. The van der Waals surface area contributed by atoms with Crippen molar-refractivity contribution >= 4 is 24.0 Å². The van der Waals surface area contributed by atoms with E-state index in [1.165, 1.54) is 0 Å². The summed E-state index contributed by atoms with van der Waals surface area (Å²) in [5.41, 5.74) is 7.68. The van der Waals surface area contributed by atoms with Gasteiger partial charge in [0, 0.05) is 13.1 Å². The van der Waals surface area contributed by atoms with Crippen LogP contribution in [0.15, 0.2) is 48.5 Å². The van der Waals surface area contributed by atoms with E-state index in [4.69, 9.17) is 32.1 Å². The molecule has 28 heavy (non-hydrogen) atoms. The first kappa shape index (κ1) is 27.8. The molecule has 0 saturated heterocycles. The van der Waals surface area contributed by atoms with E-state index in [9.17, 15) is 0 Å². The number of nitrogens with two attached hydrogens (primary N) is 1. The largest absolute Gasteiger partial charge is 0.497 e. The third-order valence-corrected chi connectivity index (χ3v) is 3.32. The van der Waals surface area contributed by atoms with E-state index in [1.807, 2.05) is 54.6 Å². The Hall–Kier alpha value is -2.41. The van der Waals surface area contributed by atoms with Crippen molar-refractivity contribution in [3.8, 4) is 29.9 Å². The predicted octanol–water partition coefficient (Wildman–Crippen LogP) is 3.74. The van der Waals surface area contributed by atoms with Gasteiger partial charge in [0.15, 0.2) is 0 Å². The Kier molecular flexibility index (Phi) is 19.2. The minimum atomic E-state index is 0. The topological polar surface area (TPSA) is 80.3 Å². The minimum Gasteiger partial charge on any atom is -0.497 e. The number of hydrogen-bond donors (Lipinski definition) is 2. The van der Waals surface area contributed by atoms with Gasteiger partial charge in [-0.05, 0) is 35.4 Å². The average Bonchev–Trinajstić information content (AvgIpc) is 2.75. The van der Waals surface area contributed by atoms with Crippen LogP contribution >= 0.6 is 24.0 Å². The van der Waals surface area contributed by atoms with Crippen LogP contribution < -0.4 is 20.5 Å². The van der Waals surface area contributed by atoms with Gasteiger partial charge in [0.05, 0.1) is 32.7 Å². The van der Waals surface area contributed by atoms with Crippen molar-refractivity contribution in [1.29, 1.82) is 5.26 Å². The maximum absolute atomic E-state index is 8.29. The Morgan fingerprint density at radius 3 is 1.75 bits per heavy atom. The van der Waals surface area contributed by atoms with Crippen molar-refractivity contribution in [2.24, 2.45) is 5.73 Å². The molecule has 0 spiro atoms. The first-order valence-corrected chi connectivity index (χ1v) is 8.71. The Balaban J connectivity index is 0. The molecule has 152 valence electrons. The first-order chi connectivity index (χ1) is 13.1. The number of nitrogens with one attached hydrogen (secondary N) is 1. The van der Waals surface area contributed by atoms with Gasteiger partial charge in [-0.1, -0.05) is 30.2 Å². The number of halogens is 2. The van der Waals surface area contributed by atoms with Crippen LogP contribution in [0.4, 0.5) is 0 Å². The van der Waals surface area contributed by atoms with Gasteiger partial charge in [-0.2, -0.15) is 5.26 Å². The van der Waals surface area contributed by atoms with Crippen LogP contribution in [-0.4, -0.2) is 26.6 Å². The van der Waals surface area contributed by atoms with Crippen molar-refractivity contribution in [3.63, 3.8) is 0 Å². The Morgan fingerprint density at radius 1 is 1.00 bits per heavy atom. The molecule has 0 unspecified atom stereocenters. The highest BCUT2D eigenvalue weighted by molar-refractivity contribution is 6.19. The van der Waals surface area contributed by atoms with Crippen LogP contribution in [0, 0.1) is 23.7 Å². The highest BCUT2D eigenvalue weighted by Gasteiger charge is 1.93. The fraction of sp³-hybridized carbons (Fsp3) is 0.286. The van der Waals surface area contributed by atoms with Gasteiger partial charge < -0.3 is 20.5 Å². The molecule has 0 atom stereocenters. The molecule has 0 saturated carbocycles. The van der Waals surface area contributed by atoms with Gasteiger partial charge in [-0.3, -0.25) is 0 Å². The third-order valence-electron chi connectivity index (χ3n) is 3.16. The zero-order valence-corrected chi connectivity index (χ0v) is 17.7. The molecule has 0 amide bonds. The number of benzene rings is 2. The summed E-state index contributed by atoms with van der Waals surface area (Å²) in [5.74, 6) is 4.24. The van der Waals surface area contributed by atoms with E-state index in [0.29, 0.717) is 19.0 Å². The number of terminal acetylenes is 1. The summed E-state index contributed by atoms with van der Waals surface area (Å²) < 4.78 is 9.99. The zero-order chi connectivity index (χ0) is 20.3. The summed E-state index contributed by atoms with van der Waals surface area (Å²) >= 11 is 4.95. The lowest BCUT2D eigenvalue weighted by molar-refractivity contribution is 0.414. The SMILES string of the molecule is C#CCCl.COc1ccc(CN)cc1.COc1ccc(CNCC#N)cc1.Cl. The molecule has 0 radical (unpaired) electrons. The van der Waals surface area contributed by atoms with E-state index < -0.39 is 0 Å². The van der Waals surface area contributed by atoms with Gasteiger partial charge in [0.1, 0.15) is 11.5 Å². The van der Waals surface area contributed by atoms with Crippen LogP contribution in [0.2, 0.25) is 0 Å². The van der Waals surface area contributed by atoms with Crippen LogP contribution in [0.5, 0.6) is 11.5 Å². The van der Waals surface area contributed by atoms with E-state index in [0.717, 1.165) is 29.2 Å².